The van der Waals surface area contributed by atoms with Gasteiger partial charge in [-0.25, -0.2) is 13.8 Å². The van der Waals surface area contributed by atoms with Crippen LogP contribution in [0.1, 0.15) is 47.8 Å². The third kappa shape index (κ3) is 2.21. The normalized spacial score (nSPS) is 22.5. The quantitative estimate of drug-likeness (QED) is 0.685. The largest absolute Gasteiger partial charge is 0.241 e. The zero-order valence-electron chi connectivity index (χ0n) is 14.3. The van der Waals surface area contributed by atoms with E-state index < -0.39 is 11.6 Å². The number of nitrogens with zero attached hydrogens (tertiary/aromatic N) is 4. The Labute approximate surface area is 154 Å². The summed E-state index contributed by atoms with van der Waals surface area (Å²) in [6.45, 7) is 0. The smallest absolute Gasteiger partial charge is 0.140 e. The van der Waals surface area contributed by atoms with Gasteiger partial charge in [0.25, 0.3) is 0 Å². The van der Waals surface area contributed by atoms with Gasteiger partial charge in [-0.15, -0.1) is 5.10 Å². The van der Waals surface area contributed by atoms with Crippen molar-refractivity contribution in [3.63, 3.8) is 0 Å². The van der Waals surface area contributed by atoms with Gasteiger partial charge in [0.1, 0.15) is 23.4 Å². The Morgan fingerprint density at radius 3 is 2.63 bits per heavy atom. The number of pyridine rings is 1. The second-order valence-electron chi connectivity index (χ2n) is 7.17. The van der Waals surface area contributed by atoms with Gasteiger partial charge in [-0.2, -0.15) is 10.4 Å². The standard InChI is InChI=1S/C21H14F2N4/c22-15-4-2-5-16(23)19(15)17-9-14-12-7-8-21(10-12,20(14)27-26-17)18-6-1-3-13(11-24)25-18/h1-6,9,12H,7-8,10H2/t12-,21+/m1/s1. The van der Waals surface area contributed by atoms with Gasteiger partial charge in [0.15, 0.2) is 0 Å². The van der Waals surface area contributed by atoms with Crippen molar-refractivity contribution in [3.8, 4) is 17.3 Å². The minimum Gasteiger partial charge on any atom is -0.241 e. The van der Waals surface area contributed by atoms with Crippen molar-refractivity contribution in [1.82, 2.24) is 15.2 Å². The van der Waals surface area contributed by atoms with E-state index in [9.17, 15) is 14.0 Å². The molecule has 0 radical (unpaired) electrons. The molecule has 3 aromatic rings. The minimum atomic E-state index is -0.648. The van der Waals surface area contributed by atoms with Gasteiger partial charge in [0.05, 0.1) is 28.1 Å². The fourth-order valence-corrected chi connectivity index (χ4v) is 4.60. The Balaban J connectivity index is 1.66. The first-order valence-corrected chi connectivity index (χ1v) is 8.82. The van der Waals surface area contributed by atoms with Crippen molar-refractivity contribution in [2.45, 2.75) is 30.6 Å². The molecule has 2 aliphatic rings. The molecule has 0 aliphatic heterocycles. The molecule has 0 spiro atoms. The van der Waals surface area contributed by atoms with E-state index in [1.807, 2.05) is 12.1 Å². The van der Waals surface area contributed by atoms with E-state index in [4.69, 9.17) is 0 Å². The van der Waals surface area contributed by atoms with E-state index in [-0.39, 0.29) is 22.6 Å². The van der Waals surface area contributed by atoms with Crippen LogP contribution in [0.4, 0.5) is 8.78 Å². The van der Waals surface area contributed by atoms with Gasteiger partial charge >= 0.3 is 0 Å². The lowest BCUT2D eigenvalue weighted by molar-refractivity contribution is 0.509. The van der Waals surface area contributed by atoms with Gasteiger partial charge in [-0.3, -0.25) is 0 Å². The number of halogens is 2. The van der Waals surface area contributed by atoms with Gasteiger partial charge in [-0.05, 0) is 61.1 Å². The van der Waals surface area contributed by atoms with Crippen LogP contribution in [0.25, 0.3) is 11.3 Å². The maximum Gasteiger partial charge on any atom is 0.140 e. The zero-order chi connectivity index (χ0) is 18.6. The minimum absolute atomic E-state index is 0.144. The molecule has 5 rings (SSSR count). The molecular formula is C21H14F2N4. The van der Waals surface area contributed by atoms with Crippen LogP contribution in [-0.4, -0.2) is 15.2 Å². The third-order valence-electron chi connectivity index (χ3n) is 5.80. The number of fused-ring (bicyclic) bond motifs is 5. The fourth-order valence-electron chi connectivity index (χ4n) is 4.60. The molecule has 2 aliphatic carbocycles. The molecule has 2 heterocycles. The molecule has 27 heavy (non-hydrogen) atoms. The summed E-state index contributed by atoms with van der Waals surface area (Å²) >= 11 is 0. The molecule has 0 N–H and O–H groups in total. The Bertz CT molecular complexity index is 1100. The number of nitriles is 1. The highest BCUT2D eigenvalue weighted by molar-refractivity contribution is 5.63. The van der Waals surface area contributed by atoms with Gasteiger partial charge in [0, 0.05) is 0 Å². The van der Waals surface area contributed by atoms with Crippen LogP contribution in [0, 0.1) is 23.0 Å². The molecule has 1 aromatic carbocycles. The van der Waals surface area contributed by atoms with E-state index in [0.717, 1.165) is 36.2 Å². The van der Waals surface area contributed by atoms with E-state index in [1.165, 1.54) is 18.2 Å². The summed E-state index contributed by atoms with van der Waals surface area (Å²) in [5.74, 6) is -1.03. The van der Waals surface area contributed by atoms with Gasteiger partial charge < -0.3 is 0 Å². The van der Waals surface area contributed by atoms with Crippen LogP contribution in [0.3, 0.4) is 0 Å². The summed E-state index contributed by atoms with van der Waals surface area (Å²) in [6.07, 6.45) is 2.67. The van der Waals surface area contributed by atoms with E-state index in [2.05, 4.69) is 21.3 Å². The highest BCUT2D eigenvalue weighted by Gasteiger charge is 2.53. The average Bonchev–Trinajstić information content (AvgIpc) is 3.27. The van der Waals surface area contributed by atoms with Crippen molar-refractivity contribution < 1.29 is 8.78 Å². The lowest BCUT2D eigenvalue weighted by atomic mass is 9.79. The van der Waals surface area contributed by atoms with Gasteiger partial charge in [-0.1, -0.05) is 12.1 Å². The molecule has 4 nitrogen and oxygen atoms in total. The first-order chi connectivity index (χ1) is 13.1. The van der Waals surface area contributed by atoms with Crippen LogP contribution >= 0.6 is 0 Å². The number of hydrogen-bond donors (Lipinski definition) is 0. The monoisotopic (exact) mass is 360 g/mol. The zero-order valence-corrected chi connectivity index (χ0v) is 14.3. The molecule has 0 amide bonds. The average molecular weight is 360 g/mol. The first-order valence-electron chi connectivity index (χ1n) is 8.82. The molecule has 1 saturated carbocycles. The number of hydrogen-bond acceptors (Lipinski definition) is 4. The van der Waals surface area contributed by atoms with Crippen LogP contribution in [0.2, 0.25) is 0 Å². The van der Waals surface area contributed by atoms with E-state index >= 15 is 0 Å². The Kier molecular flexibility index (Phi) is 3.35. The lowest BCUT2D eigenvalue weighted by Gasteiger charge is -2.27. The van der Waals surface area contributed by atoms with Crippen molar-refractivity contribution in [2.24, 2.45) is 0 Å². The van der Waals surface area contributed by atoms with Crippen LogP contribution in [0.5, 0.6) is 0 Å². The molecule has 1 fully saturated rings. The number of rotatable bonds is 2. The summed E-state index contributed by atoms with van der Waals surface area (Å²) in [6, 6.07) is 13.1. The molecule has 2 bridgehead atoms. The predicted octanol–water partition coefficient (Wildman–Crippen LogP) is 4.26. The number of aromatic nitrogens is 3. The second-order valence-corrected chi connectivity index (χ2v) is 7.17. The maximum absolute atomic E-state index is 14.2. The highest BCUT2D eigenvalue weighted by atomic mass is 19.1. The second kappa shape index (κ2) is 5.65. The SMILES string of the molecule is N#Cc1cccc([C@]23CC[C@H](C2)c2cc(-c4c(F)cccc4F)nnc23)n1. The molecule has 6 heteroatoms. The Hall–Kier alpha value is -3.20. The molecule has 0 unspecified atom stereocenters. The summed E-state index contributed by atoms with van der Waals surface area (Å²) < 4.78 is 28.3. The van der Waals surface area contributed by atoms with Crippen LogP contribution in [-0.2, 0) is 5.41 Å². The van der Waals surface area contributed by atoms with E-state index in [0.29, 0.717) is 5.69 Å². The highest BCUT2D eigenvalue weighted by Crippen LogP contribution is 2.59. The first kappa shape index (κ1) is 16.0. The van der Waals surface area contributed by atoms with Crippen molar-refractivity contribution in [1.29, 1.82) is 5.26 Å². The van der Waals surface area contributed by atoms with Gasteiger partial charge in [0.2, 0.25) is 0 Å². The lowest BCUT2D eigenvalue weighted by Crippen LogP contribution is -2.26. The molecule has 2 atom stereocenters. The summed E-state index contributed by atoms with van der Waals surface area (Å²) in [5.41, 5.74) is 2.70. The Morgan fingerprint density at radius 1 is 1.07 bits per heavy atom. The van der Waals surface area contributed by atoms with Crippen molar-refractivity contribution >= 4 is 0 Å². The maximum atomic E-state index is 14.2. The summed E-state index contributed by atoms with van der Waals surface area (Å²) in [5, 5.41) is 17.7. The number of benzene rings is 1. The Morgan fingerprint density at radius 2 is 1.85 bits per heavy atom. The molecule has 132 valence electrons. The topological polar surface area (TPSA) is 62.5 Å². The van der Waals surface area contributed by atoms with Crippen LogP contribution < -0.4 is 0 Å². The van der Waals surface area contributed by atoms with Crippen LogP contribution in [0.15, 0.2) is 42.5 Å². The molecule has 0 saturated heterocycles. The van der Waals surface area contributed by atoms with Crippen molar-refractivity contribution in [3.05, 3.63) is 76.7 Å². The summed E-state index contributed by atoms with van der Waals surface area (Å²) in [4.78, 5) is 4.50. The predicted molar refractivity (Wildman–Crippen MR) is 93.7 cm³/mol. The molecule has 2 aromatic heterocycles. The third-order valence-corrected chi connectivity index (χ3v) is 5.80. The van der Waals surface area contributed by atoms with Crippen molar-refractivity contribution in [2.75, 3.05) is 0 Å². The fraction of sp³-hybridized carbons (Fsp3) is 0.238. The summed E-state index contributed by atoms with van der Waals surface area (Å²) in [7, 11) is 0. The molecular weight excluding hydrogens is 346 g/mol. The van der Waals surface area contributed by atoms with E-state index in [1.54, 1.807) is 12.1 Å².